The van der Waals surface area contributed by atoms with Crippen molar-refractivity contribution in [1.29, 1.82) is 0 Å². The van der Waals surface area contributed by atoms with E-state index < -0.39 is 0 Å². The smallest absolute Gasteiger partial charge is 0.310 e. The van der Waals surface area contributed by atoms with Gasteiger partial charge in [-0.2, -0.15) is 0 Å². The Morgan fingerprint density at radius 3 is 1.79 bits per heavy atom. The molecule has 0 aliphatic carbocycles. The predicted molar refractivity (Wildman–Crippen MR) is 117 cm³/mol. The molecule has 0 heterocycles. The molecule has 3 aromatic rings. The molecule has 3 nitrogen and oxygen atoms in total. The second-order valence-electron chi connectivity index (χ2n) is 7.41. The lowest BCUT2D eigenvalue weighted by Gasteiger charge is -2.39. The molecule has 3 heteroatoms. The predicted octanol–water partition coefficient (Wildman–Crippen LogP) is 5.80. The van der Waals surface area contributed by atoms with E-state index in [1.165, 1.54) is 18.2 Å². The van der Waals surface area contributed by atoms with E-state index >= 15 is 0 Å². The first-order valence-corrected chi connectivity index (χ1v) is 10.1. The number of hydrogen-bond acceptors (Lipinski definition) is 3. The third-order valence-corrected chi connectivity index (χ3v) is 5.53. The fourth-order valence-electron chi connectivity index (χ4n) is 3.93. The molecule has 0 spiro atoms. The van der Waals surface area contributed by atoms with Gasteiger partial charge in [-0.3, -0.25) is 9.69 Å². The van der Waals surface area contributed by atoms with Crippen LogP contribution in [-0.4, -0.2) is 18.0 Å². The van der Waals surface area contributed by atoms with Gasteiger partial charge in [0.15, 0.2) is 0 Å². The Balaban J connectivity index is 2.07. The highest BCUT2D eigenvalue weighted by atomic mass is 16.5. The van der Waals surface area contributed by atoms with Crippen molar-refractivity contribution in [2.75, 3.05) is 7.11 Å². The van der Waals surface area contributed by atoms with Crippen LogP contribution in [0.4, 0.5) is 0 Å². The van der Waals surface area contributed by atoms with Gasteiger partial charge in [0, 0.05) is 18.6 Å². The van der Waals surface area contributed by atoms with E-state index in [9.17, 15) is 4.79 Å². The van der Waals surface area contributed by atoms with Crippen LogP contribution in [0.1, 0.15) is 42.6 Å². The Morgan fingerprint density at radius 2 is 1.28 bits per heavy atom. The van der Waals surface area contributed by atoms with E-state index in [2.05, 4.69) is 72.5 Å². The molecule has 0 bridgehead atoms. The molecule has 0 unspecified atom stereocenters. The molecular weight excluding hydrogens is 358 g/mol. The molecular formula is C26H29NO2. The number of carbonyl (C=O) groups excluding carboxylic acids is 1. The largest absolute Gasteiger partial charge is 0.469 e. The van der Waals surface area contributed by atoms with Gasteiger partial charge < -0.3 is 4.74 Å². The molecule has 3 rings (SSSR count). The number of ether oxygens (including phenoxy) is 1. The summed E-state index contributed by atoms with van der Waals surface area (Å²) < 4.78 is 5.13. The van der Waals surface area contributed by atoms with Crippen LogP contribution in [0.3, 0.4) is 0 Å². The van der Waals surface area contributed by atoms with E-state index in [1.54, 1.807) is 0 Å². The average Bonchev–Trinajstić information content (AvgIpc) is 2.79. The van der Waals surface area contributed by atoms with E-state index in [0.29, 0.717) is 0 Å². The number of carbonyl (C=O) groups is 1. The van der Waals surface area contributed by atoms with Crippen molar-refractivity contribution in [2.24, 2.45) is 5.92 Å². The summed E-state index contributed by atoms with van der Waals surface area (Å²) in [5, 5.41) is 0. The minimum absolute atomic E-state index is 0.112. The van der Waals surface area contributed by atoms with Gasteiger partial charge in [-0.25, -0.2) is 0 Å². The van der Waals surface area contributed by atoms with Gasteiger partial charge in [-0.1, -0.05) is 97.9 Å². The van der Waals surface area contributed by atoms with E-state index in [1.807, 2.05) is 37.3 Å². The SMILES string of the molecule is COC(=O)[C@@H](C)[C@H](c1ccccc1)N(Cc1ccccc1)[C@H](C)c1ccccc1. The Labute approximate surface area is 174 Å². The van der Waals surface area contributed by atoms with Crippen LogP contribution in [0, 0.1) is 5.92 Å². The number of methoxy groups -OCH3 is 1. The molecule has 0 aliphatic heterocycles. The van der Waals surface area contributed by atoms with E-state index in [0.717, 1.165) is 12.1 Å². The normalized spacial score (nSPS) is 14.2. The van der Waals surface area contributed by atoms with E-state index in [4.69, 9.17) is 4.74 Å². The van der Waals surface area contributed by atoms with Crippen molar-refractivity contribution in [3.05, 3.63) is 108 Å². The fourth-order valence-corrected chi connectivity index (χ4v) is 3.93. The van der Waals surface area contributed by atoms with Crippen LogP contribution in [0.15, 0.2) is 91.0 Å². The van der Waals surface area contributed by atoms with Gasteiger partial charge in [0.2, 0.25) is 0 Å². The van der Waals surface area contributed by atoms with Crippen molar-refractivity contribution >= 4 is 5.97 Å². The molecule has 0 radical (unpaired) electrons. The van der Waals surface area contributed by atoms with Gasteiger partial charge in [-0.05, 0) is 23.6 Å². The zero-order valence-corrected chi connectivity index (χ0v) is 17.4. The lowest BCUT2D eigenvalue weighted by atomic mass is 9.90. The van der Waals surface area contributed by atoms with Gasteiger partial charge >= 0.3 is 5.97 Å². The second kappa shape index (κ2) is 10.0. The first-order valence-electron chi connectivity index (χ1n) is 10.1. The van der Waals surface area contributed by atoms with Crippen molar-refractivity contribution in [3.63, 3.8) is 0 Å². The summed E-state index contributed by atoms with van der Waals surface area (Å²) in [6.45, 7) is 4.90. The van der Waals surface area contributed by atoms with Crippen LogP contribution in [-0.2, 0) is 16.1 Å². The summed E-state index contributed by atoms with van der Waals surface area (Å²) in [5.74, 6) is -0.505. The molecule has 29 heavy (non-hydrogen) atoms. The minimum Gasteiger partial charge on any atom is -0.469 e. The molecule has 0 aliphatic rings. The zero-order valence-electron chi connectivity index (χ0n) is 17.4. The Hall–Kier alpha value is -2.91. The molecule has 0 amide bonds. The van der Waals surface area contributed by atoms with Crippen molar-refractivity contribution in [3.8, 4) is 0 Å². The minimum atomic E-state index is -0.308. The number of benzene rings is 3. The summed E-state index contributed by atoms with van der Waals surface area (Å²) in [6.07, 6.45) is 0. The van der Waals surface area contributed by atoms with Crippen LogP contribution < -0.4 is 0 Å². The number of esters is 1. The molecule has 0 aromatic heterocycles. The van der Waals surface area contributed by atoms with Crippen LogP contribution in [0.5, 0.6) is 0 Å². The number of nitrogens with zero attached hydrogens (tertiary/aromatic N) is 1. The maximum atomic E-state index is 12.6. The third kappa shape index (κ3) is 5.12. The summed E-state index contributed by atoms with van der Waals surface area (Å²) >= 11 is 0. The highest BCUT2D eigenvalue weighted by Gasteiger charge is 2.34. The maximum Gasteiger partial charge on any atom is 0.310 e. The fraction of sp³-hybridized carbons (Fsp3) is 0.269. The van der Waals surface area contributed by atoms with Crippen molar-refractivity contribution in [1.82, 2.24) is 4.90 Å². The molecule has 3 atom stereocenters. The topological polar surface area (TPSA) is 29.5 Å². The van der Waals surface area contributed by atoms with Crippen LogP contribution >= 0.6 is 0 Å². The molecule has 0 saturated carbocycles. The number of hydrogen-bond donors (Lipinski definition) is 0. The zero-order chi connectivity index (χ0) is 20.6. The molecule has 3 aromatic carbocycles. The number of rotatable bonds is 8. The monoisotopic (exact) mass is 387 g/mol. The Morgan fingerprint density at radius 1 is 0.793 bits per heavy atom. The summed E-state index contributed by atoms with van der Waals surface area (Å²) in [6, 6.07) is 31.1. The lowest BCUT2D eigenvalue weighted by Crippen LogP contribution is -2.37. The summed E-state index contributed by atoms with van der Waals surface area (Å²) in [4.78, 5) is 15.0. The average molecular weight is 388 g/mol. The summed E-state index contributed by atoms with van der Waals surface area (Å²) in [7, 11) is 1.46. The van der Waals surface area contributed by atoms with Gasteiger partial charge in [0.05, 0.1) is 13.0 Å². The van der Waals surface area contributed by atoms with Crippen molar-refractivity contribution < 1.29 is 9.53 Å². The lowest BCUT2D eigenvalue weighted by molar-refractivity contribution is -0.148. The van der Waals surface area contributed by atoms with Crippen LogP contribution in [0.25, 0.3) is 0 Å². The molecule has 0 saturated heterocycles. The Kier molecular flexibility index (Phi) is 7.20. The molecule has 0 N–H and O–H groups in total. The summed E-state index contributed by atoms with van der Waals surface area (Å²) in [5.41, 5.74) is 3.55. The van der Waals surface area contributed by atoms with Crippen molar-refractivity contribution in [2.45, 2.75) is 32.5 Å². The highest BCUT2D eigenvalue weighted by molar-refractivity contribution is 5.73. The quantitative estimate of drug-likeness (QED) is 0.458. The maximum absolute atomic E-state index is 12.6. The first-order chi connectivity index (χ1) is 14.1. The second-order valence-corrected chi connectivity index (χ2v) is 7.41. The Bertz CT molecular complexity index is 880. The van der Waals surface area contributed by atoms with Gasteiger partial charge in [0.25, 0.3) is 0 Å². The molecule has 150 valence electrons. The molecule has 0 fully saturated rings. The third-order valence-electron chi connectivity index (χ3n) is 5.53. The van der Waals surface area contributed by atoms with Gasteiger partial charge in [0.1, 0.15) is 0 Å². The standard InChI is InChI=1S/C26H29NO2/c1-20(26(28)29-3)25(24-17-11-6-12-18-24)27(19-22-13-7-4-8-14-22)21(2)23-15-9-5-10-16-23/h4-18,20-21,25H,19H2,1-3H3/t20-,21+,25+/m0/s1. The highest BCUT2D eigenvalue weighted by Crippen LogP contribution is 2.37. The first kappa shape index (κ1) is 20.8. The van der Waals surface area contributed by atoms with Crippen LogP contribution in [0.2, 0.25) is 0 Å². The van der Waals surface area contributed by atoms with Gasteiger partial charge in [-0.15, -0.1) is 0 Å². The van der Waals surface area contributed by atoms with E-state index in [-0.39, 0.29) is 24.0 Å².